The number of carbonyl (C=O) groups excluding carboxylic acids is 1. The van der Waals surface area contributed by atoms with E-state index in [1.807, 2.05) is 0 Å². The van der Waals surface area contributed by atoms with Crippen molar-refractivity contribution in [3.8, 4) is 0 Å². The summed E-state index contributed by atoms with van der Waals surface area (Å²) in [5.41, 5.74) is 7.23. The lowest BCUT2D eigenvalue weighted by Gasteiger charge is -2.12. The zero-order valence-electron chi connectivity index (χ0n) is 7.17. The molecule has 0 fully saturated rings. The van der Waals surface area contributed by atoms with Crippen molar-refractivity contribution in [1.29, 1.82) is 0 Å². The molecule has 0 bridgehead atoms. The first-order valence-electron chi connectivity index (χ1n) is 3.94. The van der Waals surface area contributed by atoms with E-state index in [2.05, 4.69) is 0 Å². The highest BCUT2D eigenvalue weighted by Crippen LogP contribution is 2.33. The second-order valence-corrected chi connectivity index (χ2v) is 3.13. The lowest BCUT2D eigenvalue weighted by atomic mass is 10.1. The third kappa shape index (κ3) is 1.06. The summed E-state index contributed by atoms with van der Waals surface area (Å²) in [4.78, 5) is 12.7. The molecule has 1 aromatic carbocycles. The molecule has 2 rings (SSSR count). The van der Waals surface area contributed by atoms with Gasteiger partial charge in [-0.05, 0) is 17.7 Å². The van der Waals surface area contributed by atoms with Crippen molar-refractivity contribution in [3.63, 3.8) is 0 Å². The van der Waals surface area contributed by atoms with Crippen molar-refractivity contribution in [2.75, 3.05) is 17.7 Å². The summed E-state index contributed by atoms with van der Waals surface area (Å²) < 4.78 is 12.9. The molecule has 1 aliphatic heterocycles. The fourth-order valence-electron chi connectivity index (χ4n) is 1.63. The highest BCUT2D eigenvalue weighted by Gasteiger charge is 2.26. The number of nitrogen functional groups attached to an aromatic ring is 1. The van der Waals surface area contributed by atoms with Gasteiger partial charge in [-0.15, -0.1) is 0 Å². The van der Waals surface area contributed by atoms with Gasteiger partial charge in [0.25, 0.3) is 0 Å². The van der Waals surface area contributed by atoms with Crippen LogP contribution in [0.5, 0.6) is 0 Å². The lowest BCUT2D eigenvalue weighted by Crippen LogP contribution is -2.21. The fourth-order valence-corrected chi connectivity index (χ4v) is 1.63. The van der Waals surface area contributed by atoms with Crippen LogP contribution >= 0.6 is 0 Å². The van der Waals surface area contributed by atoms with Crippen molar-refractivity contribution in [2.45, 2.75) is 6.42 Å². The van der Waals surface area contributed by atoms with Gasteiger partial charge in [-0.2, -0.15) is 0 Å². The second-order valence-electron chi connectivity index (χ2n) is 3.13. The van der Waals surface area contributed by atoms with Gasteiger partial charge in [-0.25, -0.2) is 4.39 Å². The molecule has 13 heavy (non-hydrogen) atoms. The van der Waals surface area contributed by atoms with E-state index in [-0.39, 0.29) is 18.1 Å². The summed E-state index contributed by atoms with van der Waals surface area (Å²) in [6.45, 7) is 0. The molecule has 0 radical (unpaired) electrons. The third-order valence-corrected chi connectivity index (χ3v) is 2.23. The van der Waals surface area contributed by atoms with Crippen LogP contribution < -0.4 is 10.6 Å². The van der Waals surface area contributed by atoms with E-state index in [1.54, 1.807) is 7.05 Å². The monoisotopic (exact) mass is 180 g/mol. The summed E-state index contributed by atoms with van der Waals surface area (Å²) in [6, 6.07) is 2.58. The Morgan fingerprint density at radius 1 is 1.54 bits per heavy atom. The van der Waals surface area contributed by atoms with Gasteiger partial charge in [0.1, 0.15) is 5.82 Å². The fraction of sp³-hybridized carbons (Fsp3) is 0.222. The van der Waals surface area contributed by atoms with E-state index in [4.69, 9.17) is 5.73 Å². The molecule has 0 unspecified atom stereocenters. The number of halogens is 1. The summed E-state index contributed by atoms with van der Waals surface area (Å²) in [7, 11) is 1.64. The molecule has 4 heteroatoms. The van der Waals surface area contributed by atoms with Crippen LogP contribution in [-0.4, -0.2) is 13.0 Å². The second kappa shape index (κ2) is 2.45. The Labute approximate surface area is 74.9 Å². The van der Waals surface area contributed by atoms with Crippen LogP contribution in [0.15, 0.2) is 12.1 Å². The molecule has 1 heterocycles. The van der Waals surface area contributed by atoms with Crippen LogP contribution in [-0.2, 0) is 11.2 Å². The average Bonchev–Trinajstić information content (AvgIpc) is 2.27. The standard InChI is InChI=1S/C9H9FN2O/c1-12-8(13)3-5-2-6(10)4-7(11)9(5)12/h2,4H,3,11H2,1H3. The van der Waals surface area contributed by atoms with E-state index in [0.717, 1.165) is 0 Å². The van der Waals surface area contributed by atoms with Crippen LogP contribution in [0.4, 0.5) is 15.8 Å². The predicted molar refractivity (Wildman–Crippen MR) is 47.9 cm³/mol. The van der Waals surface area contributed by atoms with Gasteiger partial charge in [0.2, 0.25) is 5.91 Å². The van der Waals surface area contributed by atoms with Gasteiger partial charge >= 0.3 is 0 Å². The lowest BCUT2D eigenvalue weighted by molar-refractivity contribution is -0.117. The van der Waals surface area contributed by atoms with Gasteiger partial charge in [-0.3, -0.25) is 4.79 Å². The molecule has 0 saturated carbocycles. The number of nitrogens with zero attached hydrogens (tertiary/aromatic N) is 1. The van der Waals surface area contributed by atoms with Crippen molar-refractivity contribution in [2.24, 2.45) is 0 Å². The van der Waals surface area contributed by atoms with Crippen molar-refractivity contribution in [3.05, 3.63) is 23.5 Å². The predicted octanol–water partition coefficient (Wildman–Crippen LogP) is 0.927. The molecule has 1 aliphatic rings. The zero-order valence-corrected chi connectivity index (χ0v) is 7.17. The normalized spacial score (nSPS) is 14.9. The molecular formula is C9H9FN2O. The van der Waals surface area contributed by atoms with Crippen LogP contribution in [0.1, 0.15) is 5.56 Å². The molecule has 0 aliphatic carbocycles. The Morgan fingerprint density at radius 3 is 2.92 bits per heavy atom. The average molecular weight is 180 g/mol. The number of anilines is 2. The van der Waals surface area contributed by atoms with Crippen LogP contribution in [0.3, 0.4) is 0 Å². The van der Waals surface area contributed by atoms with E-state index in [9.17, 15) is 9.18 Å². The molecule has 2 N–H and O–H groups in total. The molecule has 0 aromatic heterocycles. The zero-order chi connectivity index (χ0) is 9.59. The third-order valence-electron chi connectivity index (χ3n) is 2.23. The maximum absolute atomic E-state index is 12.9. The maximum Gasteiger partial charge on any atom is 0.231 e. The maximum atomic E-state index is 12.9. The first-order valence-corrected chi connectivity index (χ1v) is 3.94. The molecule has 1 aromatic rings. The number of amides is 1. The number of rotatable bonds is 0. The number of fused-ring (bicyclic) bond motifs is 1. The van der Waals surface area contributed by atoms with E-state index >= 15 is 0 Å². The number of nitrogens with two attached hydrogens (primary N) is 1. The number of hydrogen-bond acceptors (Lipinski definition) is 2. The summed E-state index contributed by atoms with van der Waals surface area (Å²) in [5.74, 6) is -0.438. The van der Waals surface area contributed by atoms with E-state index in [0.29, 0.717) is 16.9 Å². The highest BCUT2D eigenvalue weighted by atomic mass is 19.1. The molecule has 68 valence electrons. The first kappa shape index (κ1) is 8.04. The Hall–Kier alpha value is -1.58. The van der Waals surface area contributed by atoms with Crippen molar-refractivity contribution < 1.29 is 9.18 Å². The molecule has 1 amide bonds. The minimum Gasteiger partial charge on any atom is -0.397 e. The number of hydrogen-bond donors (Lipinski definition) is 1. The van der Waals surface area contributed by atoms with E-state index in [1.165, 1.54) is 17.0 Å². The Bertz CT molecular complexity index is 389. The topological polar surface area (TPSA) is 46.3 Å². The summed E-state index contributed by atoms with van der Waals surface area (Å²) in [5, 5.41) is 0. The Balaban J connectivity index is 2.64. The quantitative estimate of drug-likeness (QED) is 0.603. The summed E-state index contributed by atoms with van der Waals surface area (Å²) >= 11 is 0. The molecule has 0 spiro atoms. The van der Waals surface area contributed by atoms with E-state index < -0.39 is 0 Å². The van der Waals surface area contributed by atoms with Crippen molar-refractivity contribution >= 4 is 17.3 Å². The smallest absolute Gasteiger partial charge is 0.231 e. The largest absolute Gasteiger partial charge is 0.397 e. The van der Waals surface area contributed by atoms with Gasteiger partial charge in [0, 0.05) is 7.05 Å². The Kier molecular flexibility index (Phi) is 1.52. The van der Waals surface area contributed by atoms with Gasteiger partial charge in [0.15, 0.2) is 0 Å². The first-order chi connectivity index (χ1) is 6.09. The van der Waals surface area contributed by atoms with Crippen LogP contribution in [0.2, 0.25) is 0 Å². The molecule has 0 atom stereocenters. The molecule has 3 nitrogen and oxygen atoms in total. The Morgan fingerprint density at radius 2 is 2.23 bits per heavy atom. The SMILES string of the molecule is CN1C(=O)Cc2cc(F)cc(N)c21. The van der Waals surface area contributed by atoms with Gasteiger partial charge < -0.3 is 10.6 Å². The summed E-state index contributed by atoms with van der Waals surface area (Å²) in [6.07, 6.45) is 0.244. The minimum atomic E-state index is -0.389. The molecule has 0 saturated heterocycles. The number of likely N-dealkylation sites (N-methyl/N-ethyl adjacent to an activating group) is 1. The van der Waals surface area contributed by atoms with Crippen LogP contribution in [0, 0.1) is 5.82 Å². The van der Waals surface area contributed by atoms with Crippen LogP contribution in [0.25, 0.3) is 0 Å². The number of benzene rings is 1. The minimum absolute atomic E-state index is 0.0488. The van der Waals surface area contributed by atoms with Gasteiger partial charge in [0.05, 0.1) is 17.8 Å². The van der Waals surface area contributed by atoms with Crippen molar-refractivity contribution in [1.82, 2.24) is 0 Å². The highest BCUT2D eigenvalue weighted by molar-refractivity contribution is 6.04. The number of carbonyl (C=O) groups is 1. The van der Waals surface area contributed by atoms with Gasteiger partial charge in [-0.1, -0.05) is 0 Å². The molecular weight excluding hydrogens is 171 g/mol.